The average Bonchev–Trinajstić information content (AvgIpc) is 2.61. The van der Waals surface area contributed by atoms with E-state index in [-0.39, 0.29) is 6.04 Å². The topological polar surface area (TPSA) is 38.9 Å². The monoisotopic (exact) mass is 184 g/mol. The van der Waals surface area contributed by atoms with E-state index in [1.54, 1.807) is 0 Å². The highest BCUT2D eigenvalue weighted by atomic mass is 14.7. The Morgan fingerprint density at radius 2 is 2.21 bits per heavy atom. The molecule has 3 rings (SSSR count). The quantitative estimate of drug-likeness (QED) is 0.681. The third-order valence-corrected chi connectivity index (χ3v) is 3.04. The van der Waals surface area contributed by atoms with Crippen molar-refractivity contribution >= 4 is 10.9 Å². The molecule has 2 aromatic rings. The van der Waals surface area contributed by atoms with Crippen LogP contribution in [0.25, 0.3) is 10.9 Å². The second-order valence-electron chi connectivity index (χ2n) is 3.85. The highest BCUT2D eigenvalue weighted by Crippen LogP contribution is 2.33. The summed E-state index contributed by atoms with van der Waals surface area (Å²) in [5, 5.41) is 1.28. The molecule has 0 amide bonds. The number of fused-ring (bicyclic) bond motifs is 3. The molecule has 0 saturated carbocycles. The van der Waals surface area contributed by atoms with Crippen LogP contribution in [-0.2, 0) is 6.42 Å². The van der Waals surface area contributed by atoms with E-state index < -0.39 is 0 Å². The molecule has 1 aromatic carbocycles. The Morgan fingerprint density at radius 1 is 1.29 bits per heavy atom. The van der Waals surface area contributed by atoms with Crippen molar-refractivity contribution in [3.05, 3.63) is 41.6 Å². The second kappa shape index (κ2) is 2.79. The van der Waals surface area contributed by atoms with E-state index in [0.717, 1.165) is 18.4 Å². The number of pyridine rings is 1. The molecule has 14 heavy (non-hydrogen) atoms. The number of benzene rings is 1. The van der Waals surface area contributed by atoms with Crippen LogP contribution in [0.2, 0.25) is 0 Å². The summed E-state index contributed by atoms with van der Waals surface area (Å²) in [6.45, 7) is 0. The van der Waals surface area contributed by atoms with Gasteiger partial charge in [-0.05, 0) is 36.1 Å². The molecule has 1 heterocycles. The molecule has 2 nitrogen and oxygen atoms in total. The lowest BCUT2D eigenvalue weighted by Gasteiger charge is -2.06. The van der Waals surface area contributed by atoms with Crippen LogP contribution in [0.5, 0.6) is 0 Å². The number of aryl methyl sites for hydroxylation is 1. The second-order valence-corrected chi connectivity index (χ2v) is 3.85. The molecule has 0 aliphatic heterocycles. The molecular formula is C12H12N2. The van der Waals surface area contributed by atoms with E-state index in [2.05, 4.69) is 23.2 Å². The predicted molar refractivity (Wildman–Crippen MR) is 57.0 cm³/mol. The van der Waals surface area contributed by atoms with Crippen molar-refractivity contribution in [2.24, 2.45) is 5.73 Å². The third kappa shape index (κ3) is 0.976. The fourth-order valence-electron chi connectivity index (χ4n) is 2.31. The van der Waals surface area contributed by atoms with Crippen LogP contribution in [0, 0.1) is 0 Å². The molecule has 1 aromatic heterocycles. The largest absolute Gasteiger partial charge is 0.324 e. The Morgan fingerprint density at radius 3 is 3.14 bits per heavy atom. The fourth-order valence-corrected chi connectivity index (χ4v) is 2.31. The summed E-state index contributed by atoms with van der Waals surface area (Å²) in [5.41, 5.74) is 9.82. The lowest BCUT2D eigenvalue weighted by molar-refractivity contribution is 0.713. The molecule has 1 aliphatic carbocycles. The van der Waals surface area contributed by atoms with Gasteiger partial charge >= 0.3 is 0 Å². The Hall–Kier alpha value is -1.41. The molecule has 0 radical (unpaired) electrons. The maximum absolute atomic E-state index is 6.02. The maximum atomic E-state index is 6.02. The lowest BCUT2D eigenvalue weighted by Crippen LogP contribution is -2.04. The minimum absolute atomic E-state index is 0.231. The summed E-state index contributed by atoms with van der Waals surface area (Å²) in [6.07, 6.45) is 4.01. The molecule has 2 heteroatoms. The van der Waals surface area contributed by atoms with Crippen LogP contribution in [-0.4, -0.2) is 4.98 Å². The van der Waals surface area contributed by atoms with Gasteiger partial charge in [0.25, 0.3) is 0 Å². The van der Waals surface area contributed by atoms with Gasteiger partial charge in [0, 0.05) is 17.6 Å². The Balaban J connectivity index is 2.38. The van der Waals surface area contributed by atoms with E-state index in [1.807, 2.05) is 12.3 Å². The highest BCUT2D eigenvalue weighted by Gasteiger charge is 2.20. The first-order valence-electron chi connectivity index (χ1n) is 4.98. The number of nitrogens with zero attached hydrogens (tertiary/aromatic N) is 1. The normalized spacial score (nSPS) is 19.9. The van der Waals surface area contributed by atoms with Crippen molar-refractivity contribution < 1.29 is 0 Å². The van der Waals surface area contributed by atoms with Gasteiger partial charge in [0.2, 0.25) is 0 Å². The Kier molecular flexibility index (Phi) is 1.58. The van der Waals surface area contributed by atoms with Crippen molar-refractivity contribution in [1.29, 1.82) is 0 Å². The van der Waals surface area contributed by atoms with Crippen molar-refractivity contribution in [2.75, 3.05) is 0 Å². The minimum atomic E-state index is 0.231. The molecule has 2 N–H and O–H groups in total. The van der Waals surface area contributed by atoms with Gasteiger partial charge in [-0.3, -0.25) is 4.98 Å². The minimum Gasteiger partial charge on any atom is -0.324 e. The first kappa shape index (κ1) is 7.94. The highest BCUT2D eigenvalue weighted by molar-refractivity contribution is 5.84. The van der Waals surface area contributed by atoms with Gasteiger partial charge in [0.15, 0.2) is 0 Å². The molecular weight excluding hydrogens is 172 g/mol. The molecule has 0 fully saturated rings. The van der Waals surface area contributed by atoms with Crippen molar-refractivity contribution in [3.63, 3.8) is 0 Å². The Labute approximate surface area is 82.8 Å². The van der Waals surface area contributed by atoms with Gasteiger partial charge in [-0.2, -0.15) is 0 Å². The third-order valence-electron chi connectivity index (χ3n) is 3.04. The van der Waals surface area contributed by atoms with Crippen LogP contribution in [0.15, 0.2) is 30.5 Å². The standard InChI is InChI=1S/C12H12N2/c13-11-5-3-8-9(11)4-6-12-10(8)2-1-7-14-12/h1-2,4,6-7,11H,3,5,13H2/t11-/m1/s1. The van der Waals surface area contributed by atoms with Gasteiger partial charge in [0.1, 0.15) is 0 Å². The molecule has 70 valence electrons. The summed E-state index contributed by atoms with van der Waals surface area (Å²) in [6, 6.07) is 8.56. The van der Waals surface area contributed by atoms with E-state index in [0.29, 0.717) is 0 Å². The van der Waals surface area contributed by atoms with Gasteiger partial charge in [-0.25, -0.2) is 0 Å². The van der Waals surface area contributed by atoms with Gasteiger partial charge in [0.05, 0.1) is 5.52 Å². The summed E-state index contributed by atoms with van der Waals surface area (Å²) in [7, 11) is 0. The first-order valence-corrected chi connectivity index (χ1v) is 4.98. The van der Waals surface area contributed by atoms with E-state index in [9.17, 15) is 0 Å². The molecule has 0 saturated heterocycles. The van der Waals surface area contributed by atoms with Crippen LogP contribution in [0.3, 0.4) is 0 Å². The molecule has 0 bridgehead atoms. The predicted octanol–water partition coefficient (Wildman–Crippen LogP) is 2.18. The summed E-state index contributed by atoms with van der Waals surface area (Å²) >= 11 is 0. The Bertz CT molecular complexity index is 491. The SMILES string of the molecule is N[C@@H]1CCc2c1ccc1ncccc21. The molecule has 1 atom stereocenters. The number of aromatic nitrogens is 1. The van der Waals surface area contributed by atoms with Crippen LogP contribution in [0.1, 0.15) is 23.6 Å². The van der Waals surface area contributed by atoms with Crippen molar-refractivity contribution in [2.45, 2.75) is 18.9 Å². The molecule has 0 unspecified atom stereocenters. The van der Waals surface area contributed by atoms with E-state index in [1.165, 1.54) is 16.5 Å². The number of hydrogen-bond donors (Lipinski definition) is 1. The van der Waals surface area contributed by atoms with Crippen molar-refractivity contribution in [3.8, 4) is 0 Å². The summed E-state index contributed by atoms with van der Waals surface area (Å²) in [4.78, 5) is 4.34. The number of rotatable bonds is 0. The fraction of sp³-hybridized carbons (Fsp3) is 0.250. The van der Waals surface area contributed by atoms with Crippen LogP contribution < -0.4 is 5.73 Å². The van der Waals surface area contributed by atoms with Gasteiger partial charge in [-0.1, -0.05) is 12.1 Å². The smallest absolute Gasteiger partial charge is 0.0704 e. The number of hydrogen-bond acceptors (Lipinski definition) is 2. The maximum Gasteiger partial charge on any atom is 0.0704 e. The summed E-state index contributed by atoms with van der Waals surface area (Å²) < 4.78 is 0. The zero-order valence-electron chi connectivity index (χ0n) is 7.90. The zero-order valence-corrected chi connectivity index (χ0v) is 7.90. The molecule has 0 spiro atoms. The molecule has 1 aliphatic rings. The average molecular weight is 184 g/mol. The van der Waals surface area contributed by atoms with E-state index >= 15 is 0 Å². The zero-order chi connectivity index (χ0) is 9.54. The first-order chi connectivity index (χ1) is 6.86. The summed E-state index contributed by atoms with van der Waals surface area (Å²) in [5.74, 6) is 0. The number of nitrogens with two attached hydrogens (primary N) is 1. The van der Waals surface area contributed by atoms with Gasteiger partial charge in [-0.15, -0.1) is 0 Å². The van der Waals surface area contributed by atoms with Crippen LogP contribution >= 0.6 is 0 Å². The van der Waals surface area contributed by atoms with Crippen LogP contribution in [0.4, 0.5) is 0 Å². The van der Waals surface area contributed by atoms with Gasteiger partial charge < -0.3 is 5.73 Å². The van der Waals surface area contributed by atoms with Crippen molar-refractivity contribution in [1.82, 2.24) is 4.98 Å². The lowest BCUT2D eigenvalue weighted by atomic mass is 10.0. The van der Waals surface area contributed by atoms with E-state index in [4.69, 9.17) is 5.73 Å².